The van der Waals surface area contributed by atoms with Crippen LogP contribution >= 0.6 is 11.8 Å². The summed E-state index contributed by atoms with van der Waals surface area (Å²) in [5, 5.41) is 5.68. The molecule has 0 aromatic heterocycles. The van der Waals surface area contributed by atoms with Crippen LogP contribution in [0, 0.1) is 11.7 Å². The van der Waals surface area contributed by atoms with Crippen molar-refractivity contribution in [3.05, 3.63) is 83.2 Å². The number of carbonyl (C=O) groups is 4. The van der Waals surface area contributed by atoms with Crippen LogP contribution < -0.4 is 15.4 Å². The molecule has 0 spiro atoms. The standard InChI is InChI=1S/C39H45FN6O7S2/c40-30-14-9-12-25-20-45(22-29(25)30)38(50)53-27-18-33-34(47)43-39(36(49)44-55(51,52)28-16-17-28)19-26(39)13-7-2-1-3-8-15-31(35(48)46(33)21-27)41-37-42-32(23-54-37)24-10-5-4-6-11-24/h4-7,9-14,26-28,31,33,37,41H,1-3,8,15-23H2,(H,43,47)(H,44,49)/t26-,27-,31+,33+,37?,39-/m1/s1. The van der Waals surface area contributed by atoms with Gasteiger partial charge in [0, 0.05) is 30.2 Å². The van der Waals surface area contributed by atoms with E-state index in [0.29, 0.717) is 36.1 Å². The van der Waals surface area contributed by atoms with Crippen molar-refractivity contribution in [2.24, 2.45) is 10.9 Å². The summed E-state index contributed by atoms with van der Waals surface area (Å²) in [6.45, 7) is 0.121. The Bertz CT molecular complexity index is 2030. The fourth-order valence-electron chi connectivity index (χ4n) is 8.02. The smallest absolute Gasteiger partial charge is 0.410 e. The van der Waals surface area contributed by atoms with Crippen molar-refractivity contribution in [1.82, 2.24) is 25.2 Å². The van der Waals surface area contributed by atoms with Gasteiger partial charge >= 0.3 is 6.09 Å². The van der Waals surface area contributed by atoms with Gasteiger partial charge in [0.1, 0.15) is 29.0 Å². The number of thioether (sulfide) groups is 1. The van der Waals surface area contributed by atoms with Gasteiger partial charge in [0.2, 0.25) is 21.8 Å². The first-order valence-corrected chi connectivity index (χ1v) is 21.7. The number of nitrogens with zero attached hydrogens (tertiary/aromatic N) is 3. The predicted molar refractivity (Wildman–Crippen MR) is 203 cm³/mol. The van der Waals surface area contributed by atoms with E-state index in [9.17, 15) is 32.0 Å². The highest BCUT2D eigenvalue weighted by molar-refractivity contribution is 8.00. The Morgan fingerprint density at radius 3 is 2.62 bits per heavy atom. The van der Waals surface area contributed by atoms with Crippen LogP contribution in [0.4, 0.5) is 9.18 Å². The van der Waals surface area contributed by atoms with Gasteiger partial charge in [-0.2, -0.15) is 0 Å². The highest BCUT2D eigenvalue weighted by atomic mass is 32.2. The number of allylic oxidation sites excluding steroid dienone is 1. The maximum atomic E-state index is 14.7. The van der Waals surface area contributed by atoms with Crippen LogP contribution in [0.15, 0.2) is 65.7 Å². The number of nitrogens with one attached hydrogen (secondary N) is 3. The van der Waals surface area contributed by atoms with Crippen molar-refractivity contribution in [2.45, 2.75) is 105 Å². The summed E-state index contributed by atoms with van der Waals surface area (Å²) in [6.07, 6.45) is 6.99. The molecule has 0 bridgehead atoms. The van der Waals surface area contributed by atoms with Crippen molar-refractivity contribution < 1.29 is 36.7 Å². The van der Waals surface area contributed by atoms with E-state index >= 15 is 0 Å². The molecule has 3 N–H and O–H groups in total. The number of hydrogen-bond acceptors (Lipinski definition) is 10. The van der Waals surface area contributed by atoms with Gasteiger partial charge < -0.3 is 15.0 Å². The lowest BCUT2D eigenvalue weighted by Gasteiger charge is -2.30. The SMILES string of the molecule is O=C1N[C@]2(C(=O)NS(=O)(=O)C3CC3)C[C@H]2C=CCCCCC[C@H](NC2N=C(c3ccccc3)CS2)C(=O)N2C[C@H](OC(=O)N3Cc4cccc(F)c4C3)C[C@@H]12. The van der Waals surface area contributed by atoms with Crippen LogP contribution in [0.5, 0.6) is 0 Å². The number of sulfonamides is 1. The van der Waals surface area contributed by atoms with Gasteiger partial charge in [-0.15, -0.1) is 11.8 Å². The summed E-state index contributed by atoms with van der Waals surface area (Å²) in [6, 6.07) is 12.7. The van der Waals surface area contributed by atoms with Crippen LogP contribution in [0.25, 0.3) is 0 Å². The van der Waals surface area contributed by atoms with E-state index in [2.05, 4.69) is 15.4 Å². The number of amides is 4. The highest BCUT2D eigenvalue weighted by Crippen LogP contribution is 2.46. The second-order valence-electron chi connectivity index (χ2n) is 15.3. The Balaban J connectivity index is 1.05. The minimum atomic E-state index is -3.90. The summed E-state index contributed by atoms with van der Waals surface area (Å²) in [5.74, 6) is -1.96. The van der Waals surface area contributed by atoms with Crippen LogP contribution in [0.3, 0.4) is 0 Å². The summed E-state index contributed by atoms with van der Waals surface area (Å²) in [4.78, 5) is 63.9. The largest absolute Gasteiger partial charge is 0.444 e. The van der Waals surface area contributed by atoms with Crippen molar-refractivity contribution in [2.75, 3.05) is 12.3 Å². The van der Waals surface area contributed by atoms with Crippen LogP contribution in [-0.4, -0.2) is 94.5 Å². The normalized spacial score (nSPS) is 29.6. The number of ether oxygens (including phenoxy) is 1. The first-order chi connectivity index (χ1) is 26.5. The molecule has 3 fully saturated rings. The molecule has 2 aliphatic carbocycles. The van der Waals surface area contributed by atoms with Gasteiger partial charge in [-0.3, -0.25) is 34.3 Å². The predicted octanol–water partition coefficient (Wildman–Crippen LogP) is 3.73. The second kappa shape index (κ2) is 15.3. The maximum absolute atomic E-state index is 14.7. The monoisotopic (exact) mass is 792 g/mol. The molecule has 4 amide bonds. The minimum Gasteiger partial charge on any atom is -0.444 e. The van der Waals surface area contributed by atoms with Gasteiger partial charge in [-0.25, -0.2) is 17.6 Å². The lowest BCUT2D eigenvalue weighted by atomic mass is 10.0. The zero-order valence-electron chi connectivity index (χ0n) is 30.3. The summed E-state index contributed by atoms with van der Waals surface area (Å²) in [7, 11) is -3.90. The minimum absolute atomic E-state index is 0.0347. The third-order valence-corrected chi connectivity index (χ3v) is 14.2. The topological polar surface area (TPSA) is 167 Å². The quantitative estimate of drug-likeness (QED) is 0.355. The van der Waals surface area contributed by atoms with Crippen molar-refractivity contribution in [3.63, 3.8) is 0 Å². The van der Waals surface area contributed by atoms with E-state index < -0.39 is 74.1 Å². The van der Waals surface area contributed by atoms with E-state index in [-0.39, 0.29) is 38.4 Å². The molecule has 2 aromatic rings. The van der Waals surface area contributed by atoms with Gasteiger partial charge in [0.05, 0.1) is 30.1 Å². The molecule has 2 aromatic carbocycles. The fourth-order valence-corrected chi connectivity index (χ4v) is 10.4. The van der Waals surface area contributed by atoms with E-state index in [1.54, 1.807) is 23.9 Å². The van der Waals surface area contributed by atoms with E-state index in [4.69, 9.17) is 9.73 Å². The first kappa shape index (κ1) is 37.6. The number of benzene rings is 2. The van der Waals surface area contributed by atoms with Gasteiger partial charge in [0.25, 0.3) is 5.91 Å². The molecule has 6 aliphatic rings. The molecular weight excluding hydrogens is 748 g/mol. The maximum Gasteiger partial charge on any atom is 0.410 e. The highest BCUT2D eigenvalue weighted by Gasteiger charge is 2.62. The van der Waals surface area contributed by atoms with Crippen LogP contribution in [-0.2, 0) is 42.2 Å². The van der Waals surface area contributed by atoms with E-state index in [0.717, 1.165) is 37.0 Å². The number of carbonyl (C=O) groups excluding carboxylic acids is 4. The van der Waals surface area contributed by atoms with Crippen LogP contribution in [0.1, 0.15) is 74.5 Å². The van der Waals surface area contributed by atoms with Crippen LogP contribution in [0.2, 0.25) is 0 Å². The molecule has 55 heavy (non-hydrogen) atoms. The zero-order chi connectivity index (χ0) is 38.3. The Kier molecular flexibility index (Phi) is 10.5. The summed E-state index contributed by atoms with van der Waals surface area (Å²) in [5.41, 5.74) is 1.12. The average Bonchev–Trinajstić information content (AvgIpc) is 3.97. The molecule has 4 heterocycles. The van der Waals surface area contributed by atoms with E-state index in [1.807, 2.05) is 42.5 Å². The zero-order valence-corrected chi connectivity index (χ0v) is 32.0. The Morgan fingerprint density at radius 2 is 1.84 bits per heavy atom. The molecule has 6 atom stereocenters. The van der Waals surface area contributed by atoms with Gasteiger partial charge in [0.15, 0.2) is 0 Å². The molecule has 8 rings (SSSR count). The molecule has 2 saturated carbocycles. The molecule has 1 saturated heterocycles. The number of aliphatic imine (C=N–C) groups is 1. The average molecular weight is 793 g/mol. The lowest BCUT2D eigenvalue weighted by Crippen LogP contribution is -2.58. The van der Waals surface area contributed by atoms with E-state index in [1.165, 1.54) is 15.9 Å². The molecular formula is C39H45FN6O7S2. The molecule has 16 heteroatoms. The molecule has 292 valence electrons. The van der Waals surface area contributed by atoms with Crippen molar-refractivity contribution in [1.29, 1.82) is 0 Å². The number of hydrogen-bond donors (Lipinski definition) is 3. The molecule has 4 aliphatic heterocycles. The number of fused-ring (bicyclic) bond motifs is 3. The first-order valence-electron chi connectivity index (χ1n) is 19.1. The Morgan fingerprint density at radius 1 is 1.02 bits per heavy atom. The third-order valence-electron chi connectivity index (χ3n) is 11.4. The third kappa shape index (κ3) is 8.03. The molecule has 1 unspecified atom stereocenters. The second-order valence-corrected chi connectivity index (χ2v) is 18.3. The summed E-state index contributed by atoms with van der Waals surface area (Å²) >= 11 is 1.57. The summed E-state index contributed by atoms with van der Waals surface area (Å²) < 4.78 is 48.3. The Labute approximate surface area is 323 Å². The number of halogens is 1. The van der Waals surface area contributed by atoms with Crippen molar-refractivity contribution in [3.8, 4) is 0 Å². The Hall–Kier alpha value is -4.28. The molecule has 0 radical (unpaired) electrons. The lowest BCUT2D eigenvalue weighted by molar-refractivity contribution is -0.141. The van der Waals surface area contributed by atoms with Crippen molar-refractivity contribution >= 4 is 51.3 Å². The fraction of sp³-hybridized carbons (Fsp3) is 0.513. The van der Waals surface area contributed by atoms with Gasteiger partial charge in [-0.05, 0) is 55.7 Å². The molecule has 13 nitrogen and oxygen atoms in total. The number of rotatable bonds is 7. The van der Waals surface area contributed by atoms with Gasteiger partial charge in [-0.1, -0.05) is 67.5 Å².